The second kappa shape index (κ2) is 9.22. The van der Waals surface area contributed by atoms with Crippen molar-refractivity contribution in [1.29, 1.82) is 0 Å². The smallest absolute Gasteiger partial charge is 0.334 e. The van der Waals surface area contributed by atoms with Crippen LogP contribution >= 0.6 is 0 Å². The van der Waals surface area contributed by atoms with Crippen molar-refractivity contribution in [3.05, 3.63) is 11.1 Å². The number of ether oxygens (including phenoxy) is 7. The molecular formula is C30H41NO10. The molecule has 0 unspecified atom stereocenters. The van der Waals surface area contributed by atoms with E-state index in [0.29, 0.717) is 44.6 Å². The maximum absolute atomic E-state index is 13.5. The van der Waals surface area contributed by atoms with Gasteiger partial charge in [-0.25, -0.2) is 4.79 Å². The maximum atomic E-state index is 13.5. The van der Waals surface area contributed by atoms with E-state index in [4.69, 9.17) is 33.2 Å². The van der Waals surface area contributed by atoms with Crippen molar-refractivity contribution in [2.45, 2.75) is 95.1 Å². The highest BCUT2D eigenvalue weighted by atomic mass is 16.8. The van der Waals surface area contributed by atoms with Gasteiger partial charge in [0.25, 0.3) is 0 Å². The van der Waals surface area contributed by atoms with Crippen molar-refractivity contribution in [3.8, 4) is 0 Å². The number of carbonyl (C=O) groups is 3. The highest BCUT2D eigenvalue weighted by Crippen LogP contribution is 2.83. The van der Waals surface area contributed by atoms with Crippen LogP contribution < -0.4 is 0 Å². The molecule has 6 fully saturated rings. The third kappa shape index (κ3) is 3.65. The molecule has 7 aliphatic rings. The van der Waals surface area contributed by atoms with Gasteiger partial charge in [0.15, 0.2) is 11.7 Å². The van der Waals surface area contributed by atoms with Crippen molar-refractivity contribution in [2.75, 3.05) is 46.1 Å². The summed E-state index contributed by atoms with van der Waals surface area (Å²) in [6.07, 6.45) is 0.546. The number of morpholine rings is 1. The number of hydrogen-bond donors (Lipinski definition) is 0. The van der Waals surface area contributed by atoms with Crippen LogP contribution in [-0.4, -0.2) is 110 Å². The Morgan fingerprint density at radius 2 is 1.78 bits per heavy atom. The third-order valence-corrected chi connectivity index (χ3v) is 11.2. The fraction of sp³-hybridized carbons (Fsp3) is 0.833. The van der Waals surface area contributed by atoms with Crippen LogP contribution in [0.5, 0.6) is 0 Å². The molecule has 0 bridgehead atoms. The number of nitrogens with zero attached hydrogens (tertiary/aromatic N) is 1. The molecule has 226 valence electrons. The van der Waals surface area contributed by atoms with Gasteiger partial charge < -0.3 is 33.2 Å². The highest BCUT2D eigenvalue weighted by Gasteiger charge is 3.01. The van der Waals surface area contributed by atoms with Crippen LogP contribution in [-0.2, 0) is 47.5 Å². The van der Waals surface area contributed by atoms with Gasteiger partial charge in [0.1, 0.15) is 36.6 Å². The standard InChI is InChI=1S/C30H41NO10/c1-16(2)28-23(40-28)24-30(41-24)27(5)7-6-19(25(34)36-13-10-31-8-11-35-12-9-31)20(15-37-17(3)32)21(27)14-22-29(30,39-22)26(28)38-18(4)33/h16,21-24,26H,6-15H2,1-5H3/t21-,22-,23-,24-,26+,27-,28-,29+,30+/m0/s1. The van der Waals surface area contributed by atoms with E-state index in [2.05, 4.69) is 25.7 Å². The van der Waals surface area contributed by atoms with Gasteiger partial charge in [-0.05, 0) is 36.7 Å². The van der Waals surface area contributed by atoms with Crippen LogP contribution in [0.15, 0.2) is 11.1 Å². The summed E-state index contributed by atoms with van der Waals surface area (Å²) in [4.78, 5) is 40.0. The van der Waals surface area contributed by atoms with Crippen LogP contribution in [0.1, 0.15) is 53.9 Å². The second-order valence-electron chi connectivity index (χ2n) is 13.3. The Labute approximate surface area is 240 Å². The Bertz CT molecular complexity index is 1200. The molecule has 0 N–H and O–H groups in total. The zero-order valence-corrected chi connectivity index (χ0v) is 24.6. The first-order valence-electron chi connectivity index (χ1n) is 15.1. The Balaban J connectivity index is 1.19. The minimum Gasteiger partial charge on any atom is -0.461 e. The average Bonchev–Trinajstić information content (AvgIpc) is 3.81. The van der Waals surface area contributed by atoms with Crippen LogP contribution in [0.4, 0.5) is 0 Å². The summed E-state index contributed by atoms with van der Waals surface area (Å²) >= 11 is 0. The van der Waals surface area contributed by atoms with E-state index in [-0.39, 0.29) is 55.3 Å². The van der Waals surface area contributed by atoms with Gasteiger partial charge in [0.05, 0.1) is 19.3 Å². The first-order valence-corrected chi connectivity index (χ1v) is 15.1. The monoisotopic (exact) mass is 575 g/mol. The number of rotatable bonds is 8. The Morgan fingerprint density at radius 3 is 2.46 bits per heavy atom. The molecule has 0 radical (unpaired) electrons. The molecule has 4 aliphatic heterocycles. The molecule has 0 amide bonds. The predicted octanol–water partition coefficient (Wildman–Crippen LogP) is 1.56. The van der Waals surface area contributed by atoms with Gasteiger partial charge in [0, 0.05) is 44.5 Å². The largest absolute Gasteiger partial charge is 0.461 e. The SMILES string of the molecule is CC(=O)OCC1=C(C(=O)OCCN2CCOCC2)CC[C@@]2(C)[C@H]1C[C@@H]1O[C@@]13[C@H](OC(C)=O)[C@@]1(C(C)C)O[C@H]1[C@@H]1O[C@@]132. The summed E-state index contributed by atoms with van der Waals surface area (Å²) in [7, 11) is 0. The minimum absolute atomic E-state index is 0.0210. The molecular weight excluding hydrogens is 534 g/mol. The molecule has 41 heavy (non-hydrogen) atoms. The normalized spacial score (nSPS) is 45.4. The third-order valence-electron chi connectivity index (χ3n) is 11.2. The van der Waals surface area contributed by atoms with Crippen LogP contribution in [0.2, 0.25) is 0 Å². The van der Waals surface area contributed by atoms with Crippen LogP contribution in [0.3, 0.4) is 0 Å². The zero-order valence-electron chi connectivity index (χ0n) is 24.6. The number of carbonyl (C=O) groups excluding carboxylic acids is 3. The summed E-state index contributed by atoms with van der Waals surface area (Å²) < 4.78 is 42.5. The highest BCUT2D eigenvalue weighted by molar-refractivity contribution is 5.90. The molecule has 0 aromatic rings. The van der Waals surface area contributed by atoms with E-state index >= 15 is 0 Å². The first-order chi connectivity index (χ1) is 19.5. The van der Waals surface area contributed by atoms with Crippen molar-refractivity contribution in [1.82, 2.24) is 4.90 Å². The molecule has 11 nitrogen and oxygen atoms in total. The van der Waals surface area contributed by atoms with E-state index in [1.54, 1.807) is 0 Å². The summed E-state index contributed by atoms with van der Waals surface area (Å²) in [6, 6.07) is 0. The molecule has 2 saturated carbocycles. The summed E-state index contributed by atoms with van der Waals surface area (Å²) in [5.41, 5.74) is -1.22. The van der Waals surface area contributed by atoms with Crippen molar-refractivity contribution in [2.24, 2.45) is 17.3 Å². The number of epoxide rings is 3. The van der Waals surface area contributed by atoms with Gasteiger partial charge in [-0.15, -0.1) is 0 Å². The minimum atomic E-state index is -0.797. The second-order valence-corrected chi connectivity index (χ2v) is 13.3. The molecule has 0 aromatic heterocycles. The maximum Gasteiger partial charge on any atom is 0.334 e. The summed E-state index contributed by atoms with van der Waals surface area (Å²) in [6.45, 7) is 13.1. The molecule has 4 heterocycles. The molecule has 9 atom stereocenters. The predicted molar refractivity (Wildman–Crippen MR) is 141 cm³/mol. The van der Waals surface area contributed by atoms with E-state index < -0.39 is 34.3 Å². The number of fused-ring (bicyclic) bond motifs is 3. The average molecular weight is 576 g/mol. The fourth-order valence-corrected chi connectivity index (χ4v) is 9.14. The molecule has 11 heteroatoms. The Kier molecular flexibility index (Phi) is 6.25. The van der Waals surface area contributed by atoms with Crippen molar-refractivity contribution < 1.29 is 47.5 Å². The quantitative estimate of drug-likeness (QED) is 0.238. The summed E-state index contributed by atoms with van der Waals surface area (Å²) in [5, 5.41) is 0. The van der Waals surface area contributed by atoms with Crippen LogP contribution in [0, 0.1) is 17.3 Å². The lowest BCUT2D eigenvalue weighted by atomic mass is 9.46. The van der Waals surface area contributed by atoms with Crippen molar-refractivity contribution >= 4 is 17.9 Å². The Hall–Kier alpha value is -2.05. The van der Waals surface area contributed by atoms with Gasteiger partial charge in [0.2, 0.25) is 0 Å². The first kappa shape index (κ1) is 27.8. The number of hydrogen-bond acceptors (Lipinski definition) is 11. The van der Waals surface area contributed by atoms with Crippen molar-refractivity contribution in [3.63, 3.8) is 0 Å². The van der Waals surface area contributed by atoms with Gasteiger partial charge in [-0.2, -0.15) is 0 Å². The lowest BCUT2D eigenvalue weighted by Crippen LogP contribution is -2.70. The molecule has 7 rings (SSSR count). The van der Waals surface area contributed by atoms with Gasteiger partial charge in [-0.3, -0.25) is 14.5 Å². The number of esters is 3. The lowest BCUT2D eigenvalue weighted by molar-refractivity contribution is -0.167. The Morgan fingerprint density at radius 1 is 1.02 bits per heavy atom. The van der Waals surface area contributed by atoms with E-state index in [1.807, 2.05) is 0 Å². The lowest BCUT2D eigenvalue weighted by Gasteiger charge is -2.54. The zero-order chi connectivity index (χ0) is 28.9. The van der Waals surface area contributed by atoms with E-state index in [0.717, 1.165) is 18.7 Å². The topological polar surface area (TPSA) is 129 Å². The van der Waals surface area contributed by atoms with E-state index in [1.165, 1.54) is 13.8 Å². The van der Waals surface area contributed by atoms with Gasteiger partial charge in [-0.1, -0.05) is 20.8 Å². The van der Waals surface area contributed by atoms with Crippen LogP contribution in [0.25, 0.3) is 0 Å². The molecule has 2 spiro atoms. The molecule has 0 aromatic carbocycles. The molecule has 3 aliphatic carbocycles. The summed E-state index contributed by atoms with van der Waals surface area (Å²) in [5.74, 6) is -1.15. The molecule has 4 saturated heterocycles. The van der Waals surface area contributed by atoms with E-state index in [9.17, 15) is 14.4 Å². The van der Waals surface area contributed by atoms with Gasteiger partial charge >= 0.3 is 17.9 Å². The fourth-order valence-electron chi connectivity index (χ4n) is 9.14.